The first-order chi connectivity index (χ1) is 9.58. The van der Waals surface area contributed by atoms with Gasteiger partial charge in [-0.05, 0) is 49.7 Å². The predicted octanol–water partition coefficient (Wildman–Crippen LogP) is 3.81. The zero-order chi connectivity index (χ0) is 13.9. The molecule has 0 N–H and O–H groups in total. The zero-order valence-corrected chi connectivity index (χ0v) is 12.2. The highest BCUT2D eigenvalue weighted by atomic mass is 35.5. The van der Waals surface area contributed by atoms with Crippen molar-refractivity contribution in [2.45, 2.75) is 38.1 Å². The Labute approximate surface area is 123 Å². The van der Waals surface area contributed by atoms with Crippen LogP contribution in [0.2, 0.25) is 5.02 Å². The Hall–Kier alpha value is -0.640. The van der Waals surface area contributed by atoms with Crippen LogP contribution < -0.4 is 0 Å². The molecule has 1 aliphatic heterocycles. The highest BCUT2D eigenvalue weighted by molar-refractivity contribution is 6.31. The third-order valence-corrected chi connectivity index (χ3v) is 5.61. The van der Waals surface area contributed by atoms with Gasteiger partial charge < -0.3 is 9.47 Å². The van der Waals surface area contributed by atoms with E-state index in [1.807, 2.05) is 0 Å². The molecule has 1 aromatic carbocycles. The van der Waals surface area contributed by atoms with Crippen molar-refractivity contribution in [3.05, 3.63) is 34.6 Å². The smallest absolute Gasteiger partial charge is 0.130 e. The van der Waals surface area contributed by atoms with E-state index in [2.05, 4.69) is 6.92 Å². The van der Waals surface area contributed by atoms with Crippen molar-refractivity contribution in [2.75, 3.05) is 6.61 Å². The standard InChI is InChI=1S/C16H18ClFO2/c1-16-6-9(7-20-16)10-5-11(10)15(16)19-8-12-13(17)3-2-4-14(12)18/h2-4,9-11,15H,5-8H2,1H3/t9-,10+,11+,15+,16-/m0/s1. The van der Waals surface area contributed by atoms with E-state index in [0.717, 1.165) is 18.9 Å². The summed E-state index contributed by atoms with van der Waals surface area (Å²) < 4.78 is 25.8. The number of halogens is 2. The Bertz CT molecular complexity index is 529. The molecule has 5 atom stereocenters. The fourth-order valence-electron chi connectivity index (χ4n) is 4.13. The topological polar surface area (TPSA) is 18.5 Å². The molecule has 0 unspecified atom stereocenters. The molecule has 3 aliphatic rings. The Morgan fingerprint density at radius 1 is 1.45 bits per heavy atom. The Morgan fingerprint density at radius 2 is 2.30 bits per heavy atom. The minimum atomic E-state index is -0.295. The van der Waals surface area contributed by atoms with Crippen molar-refractivity contribution in [3.8, 4) is 0 Å². The molecular formula is C16H18ClFO2. The molecule has 3 fully saturated rings. The summed E-state index contributed by atoms with van der Waals surface area (Å²) in [6.07, 6.45) is 2.38. The summed E-state index contributed by atoms with van der Waals surface area (Å²) in [7, 11) is 0. The lowest BCUT2D eigenvalue weighted by molar-refractivity contribution is -0.126. The zero-order valence-electron chi connectivity index (χ0n) is 11.4. The summed E-state index contributed by atoms with van der Waals surface area (Å²) in [4.78, 5) is 0. The maximum Gasteiger partial charge on any atom is 0.130 e. The normalized spacial score (nSPS) is 41.5. The monoisotopic (exact) mass is 296 g/mol. The molecule has 2 aliphatic carbocycles. The number of rotatable bonds is 3. The minimum absolute atomic E-state index is 0.0712. The van der Waals surface area contributed by atoms with E-state index in [1.54, 1.807) is 12.1 Å². The van der Waals surface area contributed by atoms with E-state index in [1.165, 1.54) is 12.5 Å². The van der Waals surface area contributed by atoms with Gasteiger partial charge in [0.15, 0.2) is 0 Å². The van der Waals surface area contributed by atoms with Crippen LogP contribution in [0.15, 0.2) is 18.2 Å². The van der Waals surface area contributed by atoms with E-state index < -0.39 is 0 Å². The fourth-order valence-corrected chi connectivity index (χ4v) is 4.35. The molecule has 0 radical (unpaired) electrons. The van der Waals surface area contributed by atoms with Crippen LogP contribution >= 0.6 is 11.6 Å². The van der Waals surface area contributed by atoms with Gasteiger partial charge in [0, 0.05) is 10.6 Å². The molecule has 108 valence electrons. The van der Waals surface area contributed by atoms with E-state index in [-0.39, 0.29) is 24.1 Å². The lowest BCUT2D eigenvalue weighted by atomic mass is 9.80. The minimum Gasteiger partial charge on any atom is -0.372 e. The maximum atomic E-state index is 13.8. The highest BCUT2D eigenvalue weighted by Crippen LogP contribution is 2.61. The average molecular weight is 297 g/mol. The summed E-state index contributed by atoms with van der Waals surface area (Å²) >= 11 is 6.06. The first kappa shape index (κ1) is 13.1. The average Bonchev–Trinajstić information content (AvgIpc) is 3.11. The van der Waals surface area contributed by atoms with Crippen molar-refractivity contribution in [2.24, 2.45) is 17.8 Å². The maximum absolute atomic E-state index is 13.8. The van der Waals surface area contributed by atoms with Gasteiger partial charge in [0.05, 0.1) is 24.9 Å². The second-order valence-corrected chi connectivity index (χ2v) is 6.99. The molecule has 0 spiro atoms. The van der Waals surface area contributed by atoms with Crippen LogP contribution in [-0.2, 0) is 16.1 Å². The van der Waals surface area contributed by atoms with Crippen LogP contribution in [0, 0.1) is 23.6 Å². The lowest BCUT2D eigenvalue weighted by Gasteiger charge is -2.36. The van der Waals surface area contributed by atoms with Crippen LogP contribution in [-0.4, -0.2) is 18.3 Å². The molecule has 1 aromatic rings. The van der Waals surface area contributed by atoms with E-state index in [0.29, 0.717) is 22.4 Å². The SMILES string of the molecule is C[C@@]12C[C@@H](CO1)[C@H]1C[C@H]1[C@H]2OCc1c(F)cccc1Cl. The summed E-state index contributed by atoms with van der Waals surface area (Å²) in [5.41, 5.74) is 0.259. The van der Waals surface area contributed by atoms with Gasteiger partial charge in [0.2, 0.25) is 0 Å². The molecule has 4 rings (SSSR count). The summed E-state index contributed by atoms with van der Waals surface area (Å²) in [5.74, 6) is 1.76. The summed E-state index contributed by atoms with van der Waals surface area (Å²) in [6, 6.07) is 4.74. The third kappa shape index (κ3) is 1.91. The first-order valence-corrected chi connectivity index (χ1v) is 7.65. The molecule has 2 nitrogen and oxygen atoms in total. The third-order valence-electron chi connectivity index (χ3n) is 5.25. The van der Waals surface area contributed by atoms with Crippen LogP contribution in [0.4, 0.5) is 4.39 Å². The van der Waals surface area contributed by atoms with Gasteiger partial charge in [-0.1, -0.05) is 17.7 Å². The summed E-state index contributed by atoms with van der Waals surface area (Å²) in [5, 5.41) is 0.434. The number of hydrogen-bond acceptors (Lipinski definition) is 2. The second-order valence-electron chi connectivity index (χ2n) is 6.58. The molecule has 2 saturated carbocycles. The Kier molecular flexibility index (Phi) is 2.89. The molecule has 4 heteroatoms. The van der Waals surface area contributed by atoms with Gasteiger partial charge in [0.1, 0.15) is 5.82 Å². The largest absolute Gasteiger partial charge is 0.372 e. The van der Waals surface area contributed by atoms with Gasteiger partial charge in [-0.2, -0.15) is 0 Å². The highest BCUT2D eigenvalue weighted by Gasteiger charge is 2.63. The Balaban J connectivity index is 1.52. The molecule has 0 amide bonds. The van der Waals surface area contributed by atoms with Crippen LogP contribution in [0.1, 0.15) is 25.3 Å². The van der Waals surface area contributed by atoms with Crippen molar-refractivity contribution in [1.29, 1.82) is 0 Å². The lowest BCUT2D eigenvalue weighted by Crippen LogP contribution is -2.44. The van der Waals surface area contributed by atoms with Gasteiger partial charge >= 0.3 is 0 Å². The van der Waals surface area contributed by atoms with E-state index >= 15 is 0 Å². The predicted molar refractivity (Wildman–Crippen MR) is 74.0 cm³/mol. The van der Waals surface area contributed by atoms with Crippen LogP contribution in [0.25, 0.3) is 0 Å². The quantitative estimate of drug-likeness (QED) is 0.844. The summed E-state index contributed by atoms with van der Waals surface area (Å²) in [6.45, 7) is 3.22. The molecular weight excluding hydrogens is 279 g/mol. The van der Waals surface area contributed by atoms with Crippen molar-refractivity contribution < 1.29 is 13.9 Å². The first-order valence-electron chi connectivity index (χ1n) is 7.27. The molecule has 1 saturated heterocycles. The Morgan fingerprint density at radius 3 is 3.10 bits per heavy atom. The van der Waals surface area contributed by atoms with Crippen molar-refractivity contribution >= 4 is 11.6 Å². The van der Waals surface area contributed by atoms with Gasteiger partial charge in [-0.25, -0.2) is 4.39 Å². The van der Waals surface area contributed by atoms with Crippen LogP contribution in [0.3, 0.4) is 0 Å². The van der Waals surface area contributed by atoms with Gasteiger partial charge in [-0.3, -0.25) is 0 Å². The molecule has 20 heavy (non-hydrogen) atoms. The van der Waals surface area contributed by atoms with Gasteiger partial charge in [-0.15, -0.1) is 0 Å². The van der Waals surface area contributed by atoms with E-state index in [4.69, 9.17) is 21.1 Å². The van der Waals surface area contributed by atoms with Crippen molar-refractivity contribution in [1.82, 2.24) is 0 Å². The number of benzene rings is 1. The number of hydrogen-bond donors (Lipinski definition) is 0. The molecule has 0 aromatic heterocycles. The van der Waals surface area contributed by atoms with E-state index in [9.17, 15) is 4.39 Å². The van der Waals surface area contributed by atoms with Gasteiger partial charge in [0.25, 0.3) is 0 Å². The number of ether oxygens (including phenoxy) is 2. The fraction of sp³-hybridized carbons (Fsp3) is 0.625. The number of fused-ring (bicyclic) bond motifs is 4. The van der Waals surface area contributed by atoms with Crippen molar-refractivity contribution in [3.63, 3.8) is 0 Å². The molecule has 1 heterocycles. The van der Waals surface area contributed by atoms with Crippen LogP contribution in [0.5, 0.6) is 0 Å². The second kappa shape index (κ2) is 4.43. The molecule has 2 bridgehead atoms.